The largest absolute Gasteiger partial charge is 0.387 e. The van der Waals surface area contributed by atoms with Gasteiger partial charge in [-0.3, -0.25) is 0 Å². The molecule has 0 aliphatic carbocycles. The molecule has 1 aromatic carbocycles. The van der Waals surface area contributed by atoms with Crippen molar-refractivity contribution in [2.45, 2.75) is 13.0 Å². The summed E-state index contributed by atoms with van der Waals surface area (Å²) in [6.45, 7) is 8.80. The molecule has 114 valence electrons. The van der Waals surface area contributed by atoms with E-state index in [0.717, 1.165) is 0 Å². The molecular formula is C16H13Cl2FN2O. The Bertz CT molecular complexity index is 760. The molecule has 0 saturated heterocycles. The van der Waals surface area contributed by atoms with Crippen molar-refractivity contribution in [2.24, 2.45) is 0 Å². The number of rotatable bonds is 4. The van der Waals surface area contributed by atoms with Crippen LogP contribution in [0.2, 0.25) is 5.02 Å². The molecule has 0 aliphatic rings. The summed E-state index contributed by atoms with van der Waals surface area (Å²) in [6.07, 6.45) is 0.525. The van der Waals surface area contributed by atoms with Crippen LogP contribution in [0.15, 0.2) is 31.4 Å². The Morgan fingerprint density at radius 2 is 2.09 bits per heavy atom. The van der Waals surface area contributed by atoms with Crippen molar-refractivity contribution < 1.29 is 9.50 Å². The maximum atomic E-state index is 13.5. The van der Waals surface area contributed by atoms with Crippen molar-refractivity contribution in [2.75, 3.05) is 0 Å². The molecule has 6 heteroatoms. The summed E-state index contributed by atoms with van der Waals surface area (Å²) in [4.78, 5) is 8.66. The molecule has 1 atom stereocenters. The Hall–Kier alpha value is -1.75. The highest BCUT2D eigenvalue weighted by atomic mass is 35.5. The summed E-state index contributed by atoms with van der Waals surface area (Å²) in [5, 5.41) is 10.4. The van der Waals surface area contributed by atoms with E-state index in [1.807, 2.05) is 0 Å². The highest BCUT2D eigenvalue weighted by Gasteiger charge is 2.20. The van der Waals surface area contributed by atoms with Crippen LogP contribution in [0.4, 0.5) is 4.39 Å². The van der Waals surface area contributed by atoms with E-state index >= 15 is 0 Å². The average Bonchev–Trinajstić information content (AvgIpc) is 2.48. The zero-order valence-electron chi connectivity index (χ0n) is 11.8. The summed E-state index contributed by atoms with van der Waals surface area (Å²) in [7, 11) is 0. The summed E-state index contributed by atoms with van der Waals surface area (Å²) in [5.74, 6) is -0.475. The summed E-state index contributed by atoms with van der Waals surface area (Å²) >= 11 is 12.1. The highest BCUT2D eigenvalue weighted by Crippen LogP contribution is 2.34. The van der Waals surface area contributed by atoms with Gasteiger partial charge in [0.2, 0.25) is 0 Å². The van der Waals surface area contributed by atoms with E-state index < -0.39 is 11.9 Å². The van der Waals surface area contributed by atoms with E-state index in [4.69, 9.17) is 23.2 Å². The molecule has 3 nitrogen and oxygen atoms in total. The second-order valence-electron chi connectivity index (χ2n) is 4.60. The molecule has 0 radical (unpaired) electrons. The molecule has 0 spiro atoms. The van der Waals surface area contributed by atoms with E-state index in [1.165, 1.54) is 31.2 Å². The summed E-state index contributed by atoms with van der Waals surface area (Å²) in [6, 6.07) is 3.88. The standard InChI is InChI=1S/C16H13Cl2FN2O/c1-4-13-14(8(2)17)21-16(15(20-13)9(3)22)11-7-10(19)5-6-12(11)18/h4-7,9,22H,1-2H2,3H3. The van der Waals surface area contributed by atoms with Gasteiger partial charge in [-0.05, 0) is 31.2 Å². The van der Waals surface area contributed by atoms with Crippen molar-refractivity contribution in [3.05, 3.63) is 59.3 Å². The molecule has 0 aliphatic heterocycles. The summed E-state index contributed by atoms with van der Waals surface area (Å²) in [5.41, 5.74) is 1.51. The zero-order chi connectivity index (χ0) is 16.4. The van der Waals surface area contributed by atoms with Crippen LogP contribution < -0.4 is 0 Å². The molecule has 2 rings (SSSR count). The molecule has 0 fully saturated rings. The number of aliphatic hydroxyl groups excluding tert-OH is 1. The maximum absolute atomic E-state index is 13.5. The minimum absolute atomic E-state index is 0.160. The fraction of sp³-hybridized carbons (Fsp3) is 0.125. The molecule has 1 unspecified atom stereocenters. The van der Waals surface area contributed by atoms with Gasteiger partial charge in [-0.15, -0.1) is 0 Å². The Kier molecular flexibility index (Phi) is 4.96. The Labute approximate surface area is 137 Å². The second kappa shape index (κ2) is 6.57. The van der Waals surface area contributed by atoms with Crippen LogP contribution in [0.3, 0.4) is 0 Å². The first-order valence-electron chi connectivity index (χ1n) is 6.37. The number of hydrogen-bond acceptors (Lipinski definition) is 3. The molecular weight excluding hydrogens is 326 g/mol. The quantitative estimate of drug-likeness (QED) is 0.867. The van der Waals surface area contributed by atoms with Crippen molar-refractivity contribution in [1.29, 1.82) is 0 Å². The van der Waals surface area contributed by atoms with E-state index in [0.29, 0.717) is 17.0 Å². The lowest BCUT2D eigenvalue weighted by atomic mass is 10.1. The van der Waals surface area contributed by atoms with Gasteiger partial charge >= 0.3 is 0 Å². The van der Waals surface area contributed by atoms with Crippen LogP contribution in [0.5, 0.6) is 0 Å². The van der Waals surface area contributed by atoms with Gasteiger partial charge in [0, 0.05) is 5.56 Å². The van der Waals surface area contributed by atoms with Crippen LogP contribution in [0.1, 0.15) is 30.1 Å². The fourth-order valence-electron chi connectivity index (χ4n) is 1.97. The number of aromatic nitrogens is 2. The molecule has 22 heavy (non-hydrogen) atoms. The van der Waals surface area contributed by atoms with Crippen LogP contribution in [0.25, 0.3) is 22.4 Å². The van der Waals surface area contributed by atoms with E-state index in [9.17, 15) is 9.50 Å². The van der Waals surface area contributed by atoms with E-state index in [2.05, 4.69) is 23.1 Å². The van der Waals surface area contributed by atoms with Gasteiger partial charge in [-0.2, -0.15) is 0 Å². The first-order valence-corrected chi connectivity index (χ1v) is 7.13. The monoisotopic (exact) mass is 338 g/mol. The van der Waals surface area contributed by atoms with Crippen molar-refractivity contribution in [3.8, 4) is 11.3 Å². The third kappa shape index (κ3) is 3.19. The van der Waals surface area contributed by atoms with E-state index in [1.54, 1.807) is 0 Å². The van der Waals surface area contributed by atoms with Gasteiger partial charge < -0.3 is 5.11 Å². The minimum Gasteiger partial charge on any atom is -0.387 e. The third-order valence-corrected chi connectivity index (χ3v) is 3.49. The zero-order valence-corrected chi connectivity index (χ0v) is 13.3. The van der Waals surface area contributed by atoms with Crippen LogP contribution in [-0.2, 0) is 0 Å². The topological polar surface area (TPSA) is 46.0 Å². The number of aliphatic hydroxyl groups is 1. The molecule has 1 N–H and O–H groups in total. The lowest BCUT2D eigenvalue weighted by Crippen LogP contribution is -2.07. The predicted octanol–water partition coefficient (Wildman–Crippen LogP) is 4.84. The second-order valence-corrected chi connectivity index (χ2v) is 5.46. The molecule has 0 amide bonds. The van der Waals surface area contributed by atoms with Crippen LogP contribution in [-0.4, -0.2) is 15.1 Å². The fourth-order valence-corrected chi connectivity index (χ4v) is 2.32. The van der Waals surface area contributed by atoms with E-state index in [-0.39, 0.29) is 21.4 Å². The number of hydrogen-bond donors (Lipinski definition) is 1. The van der Waals surface area contributed by atoms with Crippen molar-refractivity contribution in [3.63, 3.8) is 0 Å². The van der Waals surface area contributed by atoms with Crippen molar-refractivity contribution >= 4 is 34.3 Å². The van der Waals surface area contributed by atoms with Gasteiger partial charge in [-0.25, -0.2) is 14.4 Å². The number of nitrogens with zero attached hydrogens (tertiary/aromatic N) is 2. The first kappa shape index (κ1) is 16.6. The van der Waals surface area contributed by atoms with Gasteiger partial charge in [0.25, 0.3) is 0 Å². The normalized spacial score (nSPS) is 12.0. The molecule has 0 bridgehead atoms. The van der Waals surface area contributed by atoms with Crippen LogP contribution >= 0.6 is 23.2 Å². The van der Waals surface area contributed by atoms with Crippen LogP contribution in [0, 0.1) is 5.82 Å². The smallest absolute Gasteiger partial charge is 0.123 e. The number of halogens is 3. The molecule has 1 aromatic heterocycles. The molecule has 1 heterocycles. The number of benzene rings is 1. The van der Waals surface area contributed by atoms with Gasteiger partial charge in [-0.1, -0.05) is 36.4 Å². The lowest BCUT2D eigenvalue weighted by Gasteiger charge is -2.15. The lowest BCUT2D eigenvalue weighted by molar-refractivity contribution is 0.194. The third-order valence-electron chi connectivity index (χ3n) is 2.98. The summed E-state index contributed by atoms with van der Waals surface area (Å²) < 4.78 is 13.5. The molecule has 0 saturated carbocycles. The van der Waals surface area contributed by atoms with Gasteiger partial charge in [0.1, 0.15) is 11.5 Å². The SMILES string of the molecule is C=Cc1nc(C(C)O)c(-c2cc(F)ccc2Cl)nc1C(=C)Cl. The Morgan fingerprint density at radius 3 is 2.64 bits per heavy atom. The first-order chi connectivity index (χ1) is 10.3. The Morgan fingerprint density at radius 1 is 1.41 bits per heavy atom. The Balaban J connectivity index is 2.83. The maximum Gasteiger partial charge on any atom is 0.123 e. The predicted molar refractivity (Wildman–Crippen MR) is 88.0 cm³/mol. The van der Waals surface area contributed by atoms with Gasteiger partial charge in [0.05, 0.1) is 33.2 Å². The van der Waals surface area contributed by atoms with Crippen molar-refractivity contribution in [1.82, 2.24) is 9.97 Å². The molecule has 2 aromatic rings. The highest BCUT2D eigenvalue weighted by molar-refractivity contribution is 6.48. The van der Waals surface area contributed by atoms with Gasteiger partial charge in [0.15, 0.2) is 0 Å². The minimum atomic E-state index is -0.932. The average molecular weight is 339 g/mol.